The fourth-order valence-corrected chi connectivity index (χ4v) is 4.22. The number of nitrogens with zero attached hydrogens (tertiary/aromatic N) is 2. The van der Waals surface area contributed by atoms with E-state index in [1.54, 1.807) is 0 Å². The van der Waals surface area contributed by atoms with Crippen LogP contribution in [0.2, 0.25) is 0 Å². The van der Waals surface area contributed by atoms with Crippen molar-refractivity contribution in [2.45, 2.75) is 78.1 Å². The average molecular weight is 379 g/mol. The quantitative estimate of drug-likeness (QED) is 0.336. The summed E-state index contributed by atoms with van der Waals surface area (Å²) in [6.45, 7) is 4.88. The maximum Gasteiger partial charge on any atom is 0.138 e. The van der Waals surface area contributed by atoms with Crippen LogP contribution >= 0.6 is 0 Å². The lowest BCUT2D eigenvalue weighted by Crippen LogP contribution is -2.13. The number of allylic oxidation sites excluding steroid dienone is 1. The molecule has 0 spiro atoms. The number of rotatable bonds is 10. The lowest BCUT2D eigenvalue weighted by atomic mass is 9.80. The summed E-state index contributed by atoms with van der Waals surface area (Å²) in [7, 11) is 0. The Hall–Kier alpha value is -2.26. The van der Waals surface area contributed by atoms with Gasteiger partial charge in [-0.1, -0.05) is 57.7 Å². The first-order valence-corrected chi connectivity index (χ1v) is 11.0. The van der Waals surface area contributed by atoms with Gasteiger partial charge in [0.1, 0.15) is 30.1 Å². The van der Waals surface area contributed by atoms with Crippen LogP contribution in [-0.2, 0) is 6.42 Å². The van der Waals surface area contributed by atoms with Gasteiger partial charge >= 0.3 is 0 Å². The zero-order chi connectivity index (χ0) is 20.2. The van der Waals surface area contributed by atoms with E-state index in [0.717, 1.165) is 37.2 Å². The summed E-state index contributed by atoms with van der Waals surface area (Å²) < 4.78 is 5.84. The number of unbranched alkanes of at least 4 members (excludes halogenated alkanes) is 2. The van der Waals surface area contributed by atoms with Crippen LogP contribution in [0, 0.1) is 34.5 Å². The molecular weight excluding hydrogens is 344 g/mol. The minimum atomic E-state index is 0.380. The number of hydrogen-bond donors (Lipinski definition) is 0. The van der Waals surface area contributed by atoms with Gasteiger partial charge in [-0.2, -0.15) is 10.5 Å². The summed E-state index contributed by atoms with van der Waals surface area (Å²) in [5.74, 6) is 2.10. The molecule has 1 aromatic carbocycles. The summed E-state index contributed by atoms with van der Waals surface area (Å²) in [6, 6.07) is 8.20. The van der Waals surface area contributed by atoms with Crippen LogP contribution in [0.4, 0.5) is 0 Å². The van der Waals surface area contributed by atoms with Gasteiger partial charge in [-0.25, -0.2) is 0 Å². The van der Waals surface area contributed by atoms with Gasteiger partial charge < -0.3 is 4.74 Å². The first-order valence-electron chi connectivity index (χ1n) is 11.0. The molecule has 0 saturated heterocycles. The molecule has 0 aromatic heterocycles. The van der Waals surface area contributed by atoms with Crippen molar-refractivity contribution in [1.82, 2.24) is 0 Å². The molecular formula is C25H34N2O. The third-order valence-corrected chi connectivity index (χ3v) is 5.86. The lowest BCUT2D eigenvalue weighted by Gasteiger charge is -2.26. The summed E-state index contributed by atoms with van der Waals surface area (Å²) in [5.41, 5.74) is 1.82. The monoisotopic (exact) mass is 378 g/mol. The lowest BCUT2D eigenvalue weighted by molar-refractivity contribution is 0.292. The topological polar surface area (TPSA) is 56.8 Å². The Morgan fingerprint density at radius 3 is 2.39 bits per heavy atom. The second kappa shape index (κ2) is 12.2. The highest BCUT2D eigenvalue weighted by atomic mass is 16.5. The van der Waals surface area contributed by atoms with E-state index in [1.165, 1.54) is 38.5 Å². The van der Waals surface area contributed by atoms with Gasteiger partial charge in [-0.05, 0) is 62.0 Å². The zero-order valence-corrected chi connectivity index (χ0v) is 17.5. The summed E-state index contributed by atoms with van der Waals surface area (Å²) in [4.78, 5) is 0. The van der Waals surface area contributed by atoms with Crippen molar-refractivity contribution in [1.29, 1.82) is 10.5 Å². The van der Waals surface area contributed by atoms with Gasteiger partial charge in [-0.3, -0.25) is 0 Å². The molecule has 1 saturated carbocycles. The first-order chi connectivity index (χ1) is 13.7. The average Bonchev–Trinajstić information content (AvgIpc) is 2.72. The van der Waals surface area contributed by atoms with Crippen LogP contribution in [-0.4, -0.2) is 6.61 Å². The second-order valence-electron chi connectivity index (χ2n) is 7.96. The highest BCUT2D eigenvalue weighted by molar-refractivity contribution is 5.57. The van der Waals surface area contributed by atoms with E-state index in [0.29, 0.717) is 29.4 Å². The van der Waals surface area contributed by atoms with Gasteiger partial charge in [0.05, 0.1) is 5.56 Å². The number of nitriles is 2. The fraction of sp³-hybridized carbons (Fsp3) is 0.600. The van der Waals surface area contributed by atoms with Crippen molar-refractivity contribution in [3.63, 3.8) is 0 Å². The molecule has 0 heterocycles. The van der Waals surface area contributed by atoms with Gasteiger partial charge in [0.2, 0.25) is 0 Å². The molecule has 1 fully saturated rings. The molecule has 0 aliphatic heterocycles. The summed E-state index contributed by atoms with van der Waals surface area (Å²) in [6.07, 6.45) is 16.4. The van der Waals surface area contributed by atoms with Crippen molar-refractivity contribution in [3.8, 4) is 17.9 Å². The Morgan fingerprint density at radius 2 is 1.75 bits per heavy atom. The summed E-state index contributed by atoms with van der Waals surface area (Å²) in [5, 5.41) is 19.1. The molecule has 2 rings (SSSR count). The van der Waals surface area contributed by atoms with Gasteiger partial charge in [0.15, 0.2) is 0 Å². The molecule has 3 heteroatoms. The Bertz CT molecular complexity index is 715. The van der Waals surface area contributed by atoms with Crippen LogP contribution in [0.15, 0.2) is 24.3 Å². The molecule has 1 aliphatic rings. The van der Waals surface area contributed by atoms with E-state index >= 15 is 0 Å². The third kappa shape index (κ3) is 6.42. The normalized spacial score (nSPS) is 19.3. The third-order valence-electron chi connectivity index (χ3n) is 5.86. The largest absolute Gasteiger partial charge is 0.488 e. The molecule has 150 valence electrons. The van der Waals surface area contributed by atoms with Crippen LogP contribution in [0.25, 0.3) is 0 Å². The van der Waals surface area contributed by atoms with Crippen molar-refractivity contribution >= 4 is 0 Å². The Kier molecular flexibility index (Phi) is 9.64. The van der Waals surface area contributed by atoms with Crippen molar-refractivity contribution in [2.24, 2.45) is 11.8 Å². The Morgan fingerprint density at radius 1 is 1.00 bits per heavy atom. The Labute approximate surface area is 171 Å². The van der Waals surface area contributed by atoms with Crippen molar-refractivity contribution < 1.29 is 4.74 Å². The predicted molar refractivity (Wildman–Crippen MR) is 114 cm³/mol. The molecule has 28 heavy (non-hydrogen) atoms. The number of ether oxygens (including phenoxy) is 1. The molecule has 0 N–H and O–H groups in total. The number of hydrogen-bond acceptors (Lipinski definition) is 3. The maximum absolute atomic E-state index is 9.56. The molecule has 0 amide bonds. The molecule has 0 radical (unpaired) electrons. The van der Waals surface area contributed by atoms with E-state index in [2.05, 4.69) is 38.1 Å². The maximum atomic E-state index is 9.56. The SMILES string of the molecule is CCCCCc1ccc(OC/C=C/C2CCC(CCC)CC2)c(C#N)c1C#N. The van der Waals surface area contributed by atoms with Crippen LogP contribution < -0.4 is 4.74 Å². The van der Waals surface area contributed by atoms with Crippen molar-refractivity contribution in [3.05, 3.63) is 41.0 Å². The van der Waals surface area contributed by atoms with E-state index < -0.39 is 0 Å². The molecule has 1 aromatic rings. The number of benzene rings is 1. The van der Waals surface area contributed by atoms with Crippen molar-refractivity contribution in [2.75, 3.05) is 6.61 Å². The zero-order valence-electron chi connectivity index (χ0n) is 17.5. The van der Waals surface area contributed by atoms with Crippen LogP contribution in [0.5, 0.6) is 5.75 Å². The van der Waals surface area contributed by atoms with E-state index in [-0.39, 0.29) is 0 Å². The van der Waals surface area contributed by atoms with Gasteiger partial charge in [0, 0.05) is 0 Å². The standard InChI is InChI=1S/C25H34N2O/c1-3-5-6-10-22-15-16-25(24(19-27)23(22)18-26)28-17-7-9-21-13-11-20(8-4-2)12-14-21/h7,9,15-16,20-21H,3-6,8,10-14,17H2,1-2H3/b9-7+. The van der Waals surface area contributed by atoms with E-state index in [9.17, 15) is 10.5 Å². The van der Waals surface area contributed by atoms with E-state index in [1.807, 2.05) is 12.1 Å². The first kappa shape index (κ1) is 22.0. The second-order valence-corrected chi connectivity index (χ2v) is 7.96. The highest BCUT2D eigenvalue weighted by Gasteiger charge is 2.18. The summed E-state index contributed by atoms with van der Waals surface area (Å²) >= 11 is 0. The molecule has 0 unspecified atom stereocenters. The molecule has 1 aliphatic carbocycles. The van der Waals surface area contributed by atoms with Crippen LogP contribution in [0.1, 0.15) is 88.3 Å². The van der Waals surface area contributed by atoms with Gasteiger partial charge in [-0.15, -0.1) is 0 Å². The minimum Gasteiger partial charge on any atom is -0.488 e. The predicted octanol–water partition coefficient (Wildman–Crippen LogP) is 6.70. The smallest absolute Gasteiger partial charge is 0.138 e. The number of aryl methyl sites for hydroxylation is 1. The van der Waals surface area contributed by atoms with E-state index in [4.69, 9.17) is 4.74 Å². The molecule has 0 atom stereocenters. The molecule has 0 bridgehead atoms. The fourth-order valence-electron chi connectivity index (χ4n) is 4.22. The highest BCUT2D eigenvalue weighted by Crippen LogP contribution is 2.32. The Balaban J connectivity index is 1.92. The van der Waals surface area contributed by atoms with Crippen LogP contribution in [0.3, 0.4) is 0 Å². The molecule has 3 nitrogen and oxygen atoms in total. The minimum absolute atomic E-state index is 0.380. The van der Waals surface area contributed by atoms with Gasteiger partial charge in [0.25, 0.3) is 0 Å².